The van der Waals surface area contributed by atoms with Crippen molar-refractivity contribution in [3.63, 3.8) is 0 Å². The average Bonchev–Trinajstić information content (AvgIpc) is 3.17. The summed E-state index contributed by atoms with van der Waals surface area (Å²) < 4.78 is 46.3. The summed E-state index contributed by atoms with van der Waals surface area (Å²) in [5, 5.41) is 6.90. The third-order valence-corrected chi connectivity index (χ3v) is 5.50. The predicted molar refractivity (Wildman–Crippen MR) is 105 cm³/mol. The van der Waals surface area contributed by atoms with Crippen LogP contribution in [0.25, 0.3) is 11.1 Å². The number of aryl methyl sites for hydroxylation is 1. The number of anilines is 1. The van der Waals surface area contributed by atoms with Crippen LogP contribution in [0.3, 0.4) is 0 Å². The molecular weight excluding hydrogens is 397 g/mol. The molecule has 10 heteroatoms. The van der Waals surface area contributed by atoms with Crippen molar-refractivity contribution in [1.82, 2.24) is 25.0 Å². The fourth-order valence-corrected chi connectivity index (χ4v) is 3.90. The van der Waals surface area contributed by atoms with E-state index in [4.69, 9.17) is 4.52 Å². The van der Waals surface area contributed by atoms with Crippen molar-refractivity contribution in [2.75, 3.05) is 25.5 Å². The highest BCUT2D eigenvalue weighted by atomic mass is 19.4. The van der Waals surface area contributed by atoms with E-state index in [0.29, 0.717) is 43.1 Å². The van der Waals surface area contributed by atoms with Gasteiger partial charge in [0.2, 0.25) is 5.95 Å². The van der Waals surface area contributed by atoms with Crippen LogP contribution in [0.4, 0.5) is 19.1 Å². The van der Waals surface area contributed by atoms with Crippen molar-refractivity contribution in [1.29, 1.82) is 0 Å². The van der Waals surface area contributed by atoms with Crippen LogP contribution < -0.4 is 5.32 Å². The van der Waals surface area contributed by atoms with Gasteiger partial charge in [-0.3, -0.25) is 4.90 Å². The van der Waals surface area contributed by atoms with Gasteiger partial charge in [0.15, 0.2) is 0 Å². The SMILES string of the molecule is CCc1cc(C(F)(F)F)c2c(C3CCN(Cc4cnc(NC)nc4)CC3)noc2n1. The van der Waals surface area contributed by atoms with Gasteiger partial charge in [-0.1, -0.05) is 12.1 Å². The molecule has 0 saturated carbocycles. The summed E-state index contributed by atoms with van der Waals surface area (Å²) in [4.78, 5) is 14.9. The van der Waals surface area contributed by atoms with Gasteiger partial charge in [0.05, 0.1) is 16.6 Å². The molecule has 3 aromatic rings. The van der Waals surface area contributed by atoms with Crippen LogP contribution in [0.2, 0.25) is 0 Å². The molecule has 0 amide bonds. The van der Waals surface area contributed by atoms with E-state index in [0.717, 1.165) is 24.7 Å². The molecule has 160 valence electrons. The minimum Gasteiger partial charge on any atom is -0.357 e. The van der Waals surface area contributed by atoms with Crippen LogP contribution >= 0.6 is 0 Å². The Morgan fingerprint density at radius 2 is 1.90 bits per heavy atom. The lowest BCUT2D eigenvalue weighted by molar-refractivity contribution is -0.136. The first-order chi connectivity index (χ1) is 14.4. The van der Waals surface area contributed by atoms with E-state index in [1.807, 2.05) is 0 Å². The number of piperidine rings is 1. The van der Waals surface area contributed by atoms with E-state index in [-0.39, 0.29) is 17.0 Å². The van der Waals surface area contributed by atoms with Crippen LogP contribution in [0.1, 0.15) is 48.2 Å². The van der Waals surface area contributed by atoms with Crippen molar-refractivity contribution in [3.05, 3.63) is 41.0 Å². The van der Waals surface area contributed by atoms with Gasteiger partial charge in [0.25, 0.3) is 5.71 Å². The fraction of sp³-hybridized carbons (Fsp3) is 0.500. The maximum absolute atomic E-state index is 13.7. The summed E-state index contributed by atoms with van der Waals surface area (Å²) >= 11 is 0. The van der Waals surface area contributed by atoms with Gasteiger partial charge < -0.3 is 9.84 Å². The molecule has 30 heavy (non-hydrogen) atoms. The quantitative estimate of drug-likeness (QED) is 0.668. The Morgan fingerprint density at radius 1 is 1.20 bits per heavy atom. The second-order valence-corrected chi connectivity index (χ2v) is 7.48. The zero-order chi connectivity index (χ0) is 21.3. The maximum Gasteiger partial charge on any atom is 0.417 e. The fourth-order valence-electron chi connectivity index (χ4n) is 3.90. The van der Waals surface area contributed by atoms with Crippen LogP contribution in [0, 0.1) is 0 Å². The Bertz CT molecular complexity index is 1010. The molecule has 7 nitrogen and oxygen atoms in total. The van der Waals surface area contributed by atoms with Crippen LogP contribution in [0.5, 0.6) is 0 Å². The minimum atomic E-state index is -4.48. The summed E-state index contributed by atoms with van der Waals surface area (Å²) in [6, 6.07) is 1.12. The molecule has 0 unspecified atom stereocenters. The highest BCUT2D eigenvalue weighted by Gasteiger charge is 2.37. The maximum atomic E-state index is 13.7. The summed E-state index contributed by atoms with van der Waals surface area (Å²) in [5.74, 6) is 0.469. The largest absolute Gasteiger partial charge is 0.417 e. The standard InChI is InChI=1S/C20H23F3N6O/c1-3-14-8-15(20(21,22)23)16-17(28-30-18(16)27-14)13-4-6-29(7-5-13)11-12-9-25-19(24-2)26-10-12/h8-10,13H,3-7,11H2,1-2H3,(H,24,25,26). The summed E-state index contributed by atoms with van der Waals surface area (Å²) in [5.41, 5.74) is 0.980. The number of nitrogens with zero attached hydrogens (tertiary/aromatic N) is 5. The van der Waals surface area contributed by atoms with Gasteiger partial charge in [-0.05, 0) is 38.4 Å². The Hall–Kier alpha value is -2.75. The number of nitrogens with one attached hydrogen (secondary N) is 1. The van der Waals surface area contributed by atoms with E-state index in [1.54, 1.807) is 26.4 Å². The van der Waals surface area contributed by atoms with E-state index in [9.17, 15) is 13.2 Å². The van der Waals surface area contributed by atoms with Crippen LogP contribution in [-0.2, 0) is 19.1 Å². The van der Waals surface area contributed by atoms with Crippen molar-refractivity contribution in [2.24, 2.45) is 0 Å². The molecule has 0 bridgehead atoms. The highest BCUT2D eigenvalue weighted by Crippen LogP contribution is 2.40. The van der Waals surface area contributed by atoms with E-state index in [1.165, 1.54) is 0 Å². The molecule has 1 fully saturated rings. The average molecular weight is 420 g/mol. The normalized spacial score (nSPS) is 16.3. The molecule has 0 aromatic carbocycles. The predicted octanol–water partition coefficient (Wildman–Crippen LogP) is 4.02. The molecule has 0 spiro atoms. The molecule has 0 radical (unpaired) electrons. The number of alkyl halides is 3. The lowest BCUT2D eigenvalue weighted by Gasteiger charge is -2.31. The number of fused-ring (bicyclic) bond motifs is 1. The van der Waals surface area contributed by atoms with Crippen molar-refractivity contribution in [2.45, 2.75) is 44.8 Å². The number of likely N-dealkylation sites (tertiary alicyclic amines) is 1. The molecule has 4 rings (SSSR count). The highest BCUT2D eigenvalue weighted by molar-refractivity contribution is 5.81. The zero-order valence-electron chi connectivity index (χ0n) is 16.8. The number of pyridine rings is 1. The number of hydrogen-bond donors (Lipinski definition) is 1. The van der Waals surface area contributed by atoms with Gasteiger partial charge >= 0.3 is 6.18 Å². The molecule has 1 saturated heterocycles. The number of rotatable bonds is 5. The second kappa shape index (κ2) is 8.17. The Labute approximate surface area is 171 Å². The summed E-state index contributed by atoms with van der Waals surface area (Å²) in [6.45, 7) is 3.95. The lowest BCUT2D eigenvalue weighted by atomic mass is 9.90. The van der Waals surface area contributed by atoms with Crippen molar-refractivity contribution < 1.29 is 17.7 Å². The topological polar surface area (TPSA) is 80.0 Å². The number of aromatic nitrogens is 4. The second-order valence-electron chi connectivity index (χ2n) is 7.48. The Balaban J connectivity index is 1.52. The molecule has 0 aliphatic carbocycles. The number of halogens is 3. The molecule has 4 heterocycles. The van der Waals surface area contributed by atoms with Gasteiger partial charge in [0.1, 0.15) is 0 Å². The van der Waals surface area contributed by atoms with E-state index < -0.39 is 11.7 Å². The molecule has 1 N–H and O–H groups in total. The van der Waals surface area contributed by atoms with Gasteiger partial charge in [-0.25, -0.2) is 15.0 Å². The van der Waals surface area contributed by atoms with Crippen LogP contribution in [-0.4, -0.2) is 45.1 Å². The van der Waals surface area contributed by atoms with E-state index >= 15 is 0 Å². The third kappa shape index (κ3) is 4.09. The molecule has 0 atom stereocenters. The van der Waals surface area contributed by atoms with Crippen molar-refractivity contribution in [3.8, 4) is 0 Å². The minimum absolute atomic E-state index is 0.00852. The van der Waals surface area contributed by atoms with Gasteiger partial charge in [0, 0.05) is 43.2 Å². The molecule has 1 aliphatic rings. The molecule has 3 aromatic heterocycles. The Morgan fingerprint density at radius 3 is 2.50 bits per heavy atom. The summed E-state index contributed by atoms with van der Waals surface area (Å²) in [6.07, 6.45) is 0.872. The van der Waals surface area contributed by atoms with Crippen molar-refractivity contribution >= 4 is 17.0 Å². The lowest BCUT2D eigenvalue weighted by Crippen LogP contribution is -2.32. The third-order valence-electron chi connectivity index (χ3n) is 5.50. The smallest absolute Gasteiger partial charge is 0.357 e. The monoisotopic (exact) mass is 420 g/mol. The Kier molecular flexibility index (Phi) is 5.59. The van der Waals surface area contributed by atoms with Crippen LogP contribution in [0.15, 0.2) is 23.0 Å². The zero-order valence-corrected chi connectivity index (χ0v) is 16.8. The first kappa shape index (κ1) is 20.5. The molecule has 1 aliphatic heterocycles. The van der Waals surface area contributed by atoms with Gasteiger partial charge in [-0.15, -0.1) is 0 Å². The first-order valence-electron chi connectivity index (χ1n) is 9.96. The number of hydrogen-bond acceptors (Lipinski definition) is 7. The molecular formula is C20H23F3N6O. The van der Waals surface area contributed by atoms with E-state index in [2.05, 4.69) is 30.3 Å². The first-order valence-corrected chi connectivity index (χ1v) is 9.96. The van der Waals surface area contributed by atoms with Gasteiger partial charge in [-0.2, -0.15) is 13.2 Å². The summed E-state index contributed by atoms with van der Waals surface area (Å²) in [7, 11) is 1.76.